The third-order valence-corrected chi connectivity index (χ3v) is 5.52. The number of aliphatic imine (C=N–C) groups is 1. The molecule has 0 saturated carbocycles. The van der Waals surface area contributed by atoms with Gasteiger partial charge >= 0.3 is 0 Å². The summed E-state index contributed by atoms with van der Waals surface area (Å²) in [7, 11) is 1.82. The third-order valence-electron chi connectivity index (χ3n) is 5.52. The number of hydrogen-bond donors (Lipinski definition) is 2. The number of imidazole rings is 1. The SMILES string of the molecule is CN=C(NCc1nccn1Cc1ccccc1)NC1CCCN(c2ccccc2)C1. The molecule has 1 aromatic heterocycles. The summed E-state index contributed by atoms with van der Waals surface area (Å²) in [5, 5.41) is 7.03. The van der Waals surface area contributed by atoms with Crippen molar-refractivity contribution in [3.05, 3.63) is 84.4 Å². The van der Waals surface area contributed by atoms with Crippen LogP contribution in [0.1, 0.15) is 24.2 Å². The molecule has 156 valence electrons. The highest BCUT2D eigenvalue weighted by Gasteiger charge is 2.21. The molecule has 0 aliphatic carbocycles. The average molecular weight is 403 g/mol. The Morgan fingerprint density at radius 2 is 1.87 bits per heavy atom. The number of anilines is 1. The predicted octanol–water partition coefficient (Wildman–Crippen LogP) is 3.27. The van der Waals surface area contributed by atoms with Gasteiger partial charge in [0.2, 0.25) is 0 Å². The number of nitrogens with zero attached hydrogens (tertiary/aromatic N) is 4. The fraction of sp³-hybridized carbons (Fsp3) is 0.333. The van der Waals surface area contributed by atoms with Gasteiger partial charge in [-0.25, -0.2) is 4.98 Å². The van der Waals surface area contributed by atoms with Crippen molar-refractivity contribution in [1.29, 1.82) is 0 Å². The Balaban J connectivity index is 1.32. The number of hydrogen-bond acceptors (Lipinski definition) is 3. The Bertz CT molecular complexity index is 935. The van der Waals surface area contributed by atoms with Crippen molar-refractivity contribution in [3.63, 3.8) is 0 Å². The van der Waals surface area contributed by atoms with Crippen LogP contribution in [0.2, 0.25) is 0 Å². The summed E-state index contributed by atoms with van der Waals surface area (Å²) < 4.78 is 2.17. The second kappa shape index (κ2) is 9.96. The zero-order chi connectivity index (χ0) is 20.6. The smallest absolute Gasteiger partial charge is 0.191 e. The highest BCUT2D eigenvalue weighted by Crippen LogP contribution is 2.19. The van der Waals surface area contributed by atoms with Crippen LogP contribution in [0.5, 0.6) is 0 Å². The van der Waals surface area contributed by atoms with Gasteiger partial charge in [-0.2, -0.15) is 0 Å². The van der Waals surface area contributed by atoms with E-state index in [9.17, 15) is 0 Å². The summed E-state index contributed by atoms with van der Waals surface area (Å²) in [6.45, 7) is 3.53. The maximum absolute atomic E-state index is 4.53. The van der Waals surface area contributed by atoms with Crippen LogP contribution in [0.15, 0.2) is 78.0 Å². The Kier molecular flexibility index (Phi) is 6.65. The molecular weight excluding hydrogens is 372 g/mol. The van der Waals surface area contributed by atoms with Gasteiger partial charge in [-0.1, -0.05) is 48.5 Å². The molecule has 2 N–H and O–H groups in total. The van der Waals surface area contributed by atoms with E-state index in [4.69, 9.17) is 0 Å². The van der Waals surface area contributed by atoms with Gasteiger partial charge in [-0.3, -0.25) is 4.99 Å². The molecule has 30 heavy (non-hydrogen) atoms. The van der Waals surface area contributed by atoms with Crippen molar-refractivity contribution in [3.8, 4) is 0 Å². The van der Waals surface area contributed by atoms with E-state index in [1.165, 1.54) is 17.7 Å². The van der Waals surface area contributed by atoms with Gasteiger partial charge in [0.15, 0.2) is 5.96 Å². The van der Waals surface area contributed by atoms with Crippen molar-refractivity contribution in [2.24, 2.45) is 4.99 Å². The number of rotatable bonds is 6. The molecule has 6 nitrogen and oxygen atoms in total. The molecule has 2 heterocycles. The standard InChI is InChI=1S/C24H30N6/c1-25-24(28-21-11-8-15-29(19-21)22-12-6-3-7-13-22)27-17-23-26-14-16-30(23)18-20-9-4-2-5-10-20/h2-7,9-10,12-14,16,21H,8,11,15,17-19H2,1H3,(H2,25,27,28). The molecule has 6 heteroatoms. The van der Waals surface area contributed by atoms with Crippen LogP contribution in [0.3, 0.4) is 0 Å². The second-order valence-electron chi connectivity index (χ2n) is 7.65. The van der Waals surface area contributed by atoms with E-state index in [0.29, 0.717) is 12.6 Å². The lowest BCUT2D eigenvalue weighted by atomic mass is 10.1. The van der Waals surface area contributed by atoms with Crippen molar-refractivity contribution >= 4 is 11.6 Å². The molecule has 0 amide bonds. The summed E-state index contributed by atoms with van der Waals surface area (Å²) in [5.41, 5.74) is 2.55. The first-order valence-corrected chi connectivity index (χ1v) is 10.6. The van der Waals surface area contributed by atoms with E-state index in [2.05, 4.69) is 84.7 Å². The van der Waals surface area contributed by atoms with Crippen molar-refractivity contribution < 1.29 is 0 Å². The minimum absolute atomic E-state index is 0.370. The maximum Gasteiger partial charge on any atom is 0.191 e. The normalized spacial score (nSPS) is 17.0. The molecule has 1 aliphatic rings. The van der Waals surface area contributed by atoms with Crippen LogP contribution >= 0.6 is 0 Å². The number of piperidine rings is 1. The van der Waals surface area contributed by atoms with Crippen molar-refractivity contribution in [1.82, 2.24) is 20.2 Å². The van der Waals surface area contributed by atoms with Gasteiger partial charge in [0.25, 0.3) is 0 Å². The quantitative estimate of drug-likeness (QED) is 0.491. The van der Waals surface area contributed by atoms with Crippen molar-refractivity contribution in [2.75, 3.05) is 25.0 Å². The second-order valence-corrected chi connectivity index (χ2v) is 7.65. The lowest BCUT2D eigenvalue weighted by Crippen LogP contribution is -2.51. The van der Waals surface area contributed by atoms with Crippen LogP contribution in [-0.4, -0.2) is 41.7 Å². The first-order chi connectivity index (χ1) is 14.8. The Hall–Kier alpha value is -3.28. The maximum atomic E-state index is 4.53. The van der Waals surface area contributed by atoms with E-state index in [-0.39, 0.29) is 0 Å². The van der Waals surface area contributed by atoms with E-state index in [1.807, 2.05) is 25.5 Å². The fourth-order valence-corrected chi connectivity index (χ4v) is 3.95. The summed E-state index contributed by atoms with van der Waals surface area (Å²) in [4.78, 5) is 11.4. The van der Waals surface area contributed by atoms with E-state index < -0.39 is 0 Å². The number of guanidine groups is 1. The average Bonchev–Trinajstić information content (AvgIpc) is 3.25. The Morgan fingerprint density at radius 1 is 1.10 bits per heavy atom. The van der Waals surface area contributed by atoms with Crippen LogP contribution in [0.25, 0.3) is 0 Å². The lowest BCUT2D eigenvalue weighted by Gasteiger charge is -2.35. The fourth-order valence-electron chi connectivity index (χ4n) is 3.95. The highest BCUT2D eigenvalue weighted by molar-refractivity contribution is 5.80. The zero-order valence-electron chi connectivity index (χ0n) is 17.5. The van der Waals surface area contributed by atoms with Crippen LogP contribution in [0.4, 0.5) is 5.69 Å². The molecule has 1 fully saturated rings. The van der Waals surface area contributed by atoms with E-state index >= 15 is 0 Å². The van der Waals surface area contributed by atoms with Gasteiger partial charge in [-0.05, 0) is 30.5 Å². The molecule has 1 atom stereocenters. The lowest BCUT2D eigenvalue weighted by molar-refractivity contribution is 0.467. The molecule has 2 aromatic carbocycles. The Morgan fingerprint density at radius 3 is 2.63 bits per heavy atom. The van der Waals surface area contributed by atoms with Gasteiger partial charge in [0.1, 0.15) is 5.82 Å². The van der Waals surface area contributed by atoms with Gasteiger partial charge in [0.05, 0.1) is 6.54 Å². The molecular formula is C24H30N6. The number of para-hydroxylation sites is 1. The minimum atomic E-state index is 0.370. The first kappa shape index (κ1) is 20.0. The molecule has 4 rings (SSSR count). The minimum Gasteiger partial charge on any atom is -0.369 e. The topological polar surface area (TPSA) is 57.5 Å². The van der Waals surface area contributed by atoms with Crippen molar-refractivity contribution in [2.45, 2.75) is 32.0 Å². The summed E-state index contributed by atoms with van der Waals surface area (Å²) in [6, 6.07) is 21.5. The summed E-state index contributed by atoms with van der Waals surface area (Å²) in [5.74, 6) is 1.82. The van der Waals surface area contributed by atoms with Gasteiger partial charge in [0, 0.05) is 50.8 Å². The molecule has 1 unspecified atom stereocenters. The van der Waals surface area contributed by atoms with Crippen LogP contribution in [-0.2, 0) is 13.1 Å². The third kappa shape index (κ3) is 5.20. The number of benzene rings is 2. The van der Waals surface area contributed by atoms with Gasteiger partial charge in [-0.15, -0.1) is 0 Å². The molecule has 0 radical (unpaired) electrons. The van der Waals surface area contributed by atoms with E-state index in [0.717, 1.165) is 37.8 Å². The molecule has 1 aliphatic heterocycles. The molecule has 1 saturated heterocycles. The summed E-state index contributed by atoms with van der Waals surface area (Å²) in [6.07, 6.45) is 6.20. The summed E-state index contributed by atoms with van der Waals surface area (Å²) >= 11 is 0. The van der Waals surface area contributed by atoms with Crippen LogP contribution < -0.4 is 15.5 Å². The highest BCUT2D eigenvalue weighted by atomic mass is 15.2. The zero-order valence-corrected chi connectivity index (χ0v) is 17.5. The van der Waals surface area contributed by atoms with Crippen LogP contribution in [0, 0.1) is 0 Å². The molecule has 0 bridgehead atoms. The van der Waals surface area contributed by atoms with E-state index in [1.54, 1.807) is 0 Å². The predicted molar refractivity (Wildman–Crippen MR) is 123 cm³/mol. The molecule has 0 spiro atoms. The molecule has 3 aromatic rings. The largest absolute Gasteiger partial charge is 0.369 e. The number of aromatic nitrogens is 2. The Labute approximate surface area is 178 Å². The monoisotopic (exact) mass is 402 g/mol. The van der Waals surface area contributed by atoms with Gasteiger partial charge < -0.3 is 20.1 Å². The number of nitrogens with one attached hydrogen (secondary N) is 2. The first-order valence-electron chi connectivity index (χ1n) is 10.6.